The molecule has 84 valence electrons. The van der Waals surface area contributed by atoms with Crippen molar-refractivity contribution in [3.8, 4) is 5.75 Å². The Morgan fingerprint density at radius 3 is 2.53 bits per heavy atom. The molecule has 0 aromatic heterocycles. The molecule has 15 heavy (non-hydrogen) atoms. The molecule has 0 aliphatic heterocycles. The highest BCUT2D eigenvalue weighted by Crippen LogP contribution is 2.36. The Balaban J connectivity index is 2.79. The summed E-state index contributed by atoms with van der Waals surface area (Å²) in [5.41, 5.74) is 0. The van der Waals surface area contributed by atoms with Crippen molar-refractivity contribution in [2.75, 3.05) is 7.11 Å². The zero-order valence-corrected chi connectivity index (χ0v) is 11.1. The highest BCUT2D eigenvalue weighted by atomic mass is 31.1. The number of methoxy groups -OCH3 is 1. The smallest absolute Gasteiger partial charge is 0.126 e. The van der Waals surface area contributed by atoms with Crippen molar-refractivity contribution in [2.24, 2.45) is 0 Å². The first-order chi connectivity index (χ1) is 7.09. The normalized spacial score (nSPS) is 12.3. The summed E-state index contributed by atoms with van der Waals surface area (Å²) in [7, 11) is 2.56. The van der Waals surface area contributed by atoms with Gasteiger partial charge in [-0.3, -0.25) is 0 Å². The molecule has 1 aromatic rings. The highest BCUT2D eigenvalue weighted by molar-refractivity contribution is 7.49. The Morgan fingerprint density at radius 2 is 1.93 bits per heavy atom. The van der Waals surface area contributed by atoms with Crippen LogP contribution >= 0.6 is 8.58 Å². The molecule has 0 bridgehead atoms. The molecule has 1 nitrogen and oxygen atoms in total. The molecule has 0 amide bonds. The quantitative estimate of drug-likeness (QED) is 0.695. The Morgan fingerprint density at radius 1 is 1.27 bits per heavy atom. The minimum absolute atomic E-state index is 0.392. The number of rotatable bonds is 5. The molecular formula is C13H21OP. The van der Waals surface area contributed by atoms with E-state index in [1.54, 1.807) is 7.11 Å². The van der Waals surface area contributed by atoms with Crippen molar-refractivity contribution >= 4 is 13.9 Å². The van der Waals surface area contributed by atoms with E-state index in [1.807, 2.05) is 12.1 Å². The van der Waals surface area contributed by atoms with Gasteiger partial charge in [-0.1, -0.05) is 54.0 Å². The first kappa shape index (κ1) is 12.5. The fraction of sp³-hybridized carbons (Fsp3) is 0.538. The second-order valence-corrected chi connectivity index (χ2v) is 6.60. The van der Waals surface area contributed by atoms with Crippen molar-refractivity contribution in [3.05, 3.63) is 24.3 Å². The van der Waals surface area contributed by atoms with E-state index in [0.717, 1.165) is 14.3 Å². The van der Waals surface area contributed by atoms with Crippen LogP contribution in [0.15, 0.2) is 24.3 Å². The van der Waals surface area contributed by atoms with Crippen LogP contribution in [-0.4, -0.2) is 12.3 Å². The molecule has 1 atom stereocenters. The molecular weight excluding hydrogens is 203 g/mol. The minimum Gasteiger partial charge on any atom is -0.496 e. The Kier molecular flexibility index (Phi) is 4.60. The van der Waals surface area contributed by atoms with Gasteiger partial charge in [0, 0.05) is 5.30 Å². The zero-order valence-electron chi connectivity index (χ0n) is 10.1. The molecule has 0 aliphatic carbocycles. The van der Waals surface area contributed by atoms with Gasteiger partial charge in [0.15, 0.2) is 0 Å². The standard InChI is InChI=1S/C13H21OP/c1-5-10-13(2,3)15-12-9-7-6-8-11(12)14-4/h6-9,15H,5,10H2,1-4H3. The molecule has 1 unspecified atom stereocenters. The lowest BCUT2D eigenvalue weighted by molar-refractivity contribution is 0.418. The average Bonchev–Trinajstić information content (AvgIpc) is 2.17. The number of para-hydroxylation sites is 1. The predicted molar refractivity (Wildman–Crippen MR) is 69.9 cm³/mol. The summed E-state index contributed by atoms with van der Waals surface area (Å²) < 4.78 is 5.38. The summed E-state index contributed by atoms with van der Waals surface area (Å²) >= 11 is 0. The van der Waals surface area contributed by atoms with Crippen LogP contribution in [0.1, 0.15) is 33.6 Å². The van der Waals surface area contributed by atoms with E-state index in [-0.39, 0.29) is 0 Å². The molecule has 0 N–H and O–H groups in total. The molecule has 1 aromatic carbocycles. The van der Waals surface area contributed by atoms with E-state index in [0.29, 0.717) is 5.16 Å². The summed E-state index contributed by atoms with van der Waals surface area (Å²) in [6.07, 6.45) is 2.51. The third kappa shape index (κ3) is 3.83. The van der Waals surface area contributed by atoms with Crippen LogP contribution < -0.4 is 10.0 Å². The van der Waals surface area contributed by atoms with Crippen LogP contribution in [0.2, 0.25) is 0 Å². The van der Waals surface area contributed by atoms with E-state index >= 15 is 0 Å². The van der Waals surface area contributed by atoms with Gasteiger partial charge in [-0.25, -0.2) is 0 Å². The van der Waals surface area contributed by atoms with Gasteiger partial charge >= 0.3 is 0 Å². The maximum Gasteiger partial charge on any atom is 0.126 e. The van der Waals surface area contributed by atoms with Crippen molar-refractivity contribution in [1.82, 2.24) is 0 Å². The van der Waals surface area contributed by atoms with Crippen LogP contribution in [0.25, 0.3) is 0 Å². The Hall–Kier alpha value is -0.550. The van der Waals surface area contributed by atoms with Gasteiger partial charge in [0.25, 0.3) is 0 Å². The average molecular weight is 224 g/mol. The topological polar surface area (TPSA) is 9.23 Å². The van der Waals surface area contributed by atoms with Crippen LogP contribution in [0.4, 0.5) is 0 Å². The van der Waals surface area contributed by atoms with Crippen LogP contribution in [0, 0.1) is 0 Å². The lowest BCUT2D eigenvalue weighted by Gasteiger charge is -2.25. The van der Waals surface area contributed by atoms with Crippen LogP contribution in [0.5, 0.6) is 5.75 Å². The second-order valence-electron chi connectivity index (χ2n) is 4.46. The Labute approximate surface area is 95.0 Å². The molecule has 0 heterocycles. The van der Waals surface area contributed by atoms with Gasteiger partial charge in [-0.15, -0.1) is 0 Å². The predicted octanol–water partition coefficient (Wildman–Crippen LogP) is 3.58. The fourth-order valence-electron chi connectivity index (χ4n) is 1.80. The highest BCUT2D eigenvalue weighted by Gasteiger charge is 2.18. The van der Waals surface area contributed by atoms with Gasteiger partial charge in [0.1, 0.15) is 5.75 Å². The lowest BCUT2D eigenvalue weighted by Crippen LogP contribution is -2.17. The van der Waals surface area contributed by atoms with Crippen molar-refractivity contribution < 1.29 is 4.74 Å². The summed E-state index contributed by atoms with van der Waals surface area (Å²) in [5, 5.41) is 1.74. The molecule has 0 spiro atoms. The molecule has 0 fully saturated rings. The summed E-state index contributed by atoms with van der Waals surface area (Å²) in [5.74, 6) is 1.03. The van der Waals surface area contributed by atoms with Gasteiger partial charge in [-0.2, -0.15) is 0 Å². The molecule has 0 saturated heterocycles. The van der Waals surface area contributed by atoms with Crippen molar-refractivity contribution in [3.63, 3.8) is 0 Å². The number of ether oxygens (including phenoxy) is 1. The van der Waals surface area contributed by atoms with Gasteiger partial charge in [0.05, 0.1) is 7.11 Å². The monoisotopic (exact) mass is 224 g/mol. The van der Waals surface area contributed by atoms with Crippen LogP contribution in [-0.2, 0) is 0 Å². The number of benzene rings is 1. The minimum atomic E-state index is 0.392. The maximum atomic E-state index is 5.38. The fourth-order valence-corrected chi connectivity index (χ4v) is 3.39. The van der Waals surface area contributed by atoms with Crippen LogP contribution in [0.3, 0.4) is 0 Å². The Bertz CT molecular complexity index is 307. The molecule has 0 radical (unpaired) electrons. The molecule has 0 aliphatic rings. The SMILES string of the molecule is CCCC(C)(C)Pc1ccccc1OC. The number of hydrogen-bond acceptors (Lipinski definition) is 1. The van der Waals surface area contributed by atoms with Crippen molar-refractivity contribution in [2.45, 2.75) is 38.8 Å². The third-order valence-electron chi connectivity index (χ3n) is 2.46. The summed E-state index contributed by atoms with van der Waals surface area (Å²) in [6.45, 7) is 6.91. The van der Waals surface area contributed by atoms with E-state index < -0.39 is 0 Å². The molecule has 2 heteroatoms. The van der Waals surface area contributed by atoms with Gasteiger partial charge in [-0.05, 0) is 17.6 Å². The number of hydrogen-bond donors (Lipinski definition) is 0. The zero-order chi connectivity index (χ0) is 11.3. The summed E-state index contributed by atoms with van der Waals surface area (Å²) in [6, 6.07) is 8.34. The second kappa shape index (κ2) is 5.51. The lowest BCUT2D eigenvalue weighted by atomic mass is 10.1. The maximum absolute atomic E-state index is 5.38. The van der Waals surface area contributed by atoms with E-state index in [1.165, 1.54) is 18.1 Å². The van der Waals surface area contributed by atoms with Gasteiger partial charge < -0.3 is 4.74 Å². The van der Waals surface area contributed by atoms with Crippen molar-refractivity contribution in [1.29, 1.82) is 0 Å². The van der Waals surface area contributed by atoms with E-state index in [4.69, 9.17) is 4.74 Å². The third-order valence-corrected chi connectivity index (χ3v) is 4.06. The first-order valence-electron chi connectivity index (χ1n) is 5.50. The molecule has 1 rings (SSSR count). The van der Waals surface area contributed by atoms with E-state index in [9.17, 15) is 0 Å². The largest absolute Gasteiger partial charge is 0.496 e. The van der Waals surface area contributed by atoms with Gasteiger partial charge in [0.2, 0.25) is 0 Å². The molecule has 0 saturated carbocycles. The summed E-state index contributed by atoms with van der Waals surface area (Å²) in [4.78, 5) is 0. The van der Waals surface area contributed by atoms with E-state index in [2.05, 4.69) is 32.9 Å². The first-order valence-corrected chi connectivity index (χ1v) is 6.50.